The number of aromatic nitrogens is 2. The van der Waals surface area contributed by atoms with Crippen LogP contribution in [0.15, 0.2) is 67.0 Å². The van der Waals surface area contributed by atoms with Crippen molar-refractivity contribution in [3.8, 4) is 11.5 Å². The van der Waals surface area contributed by atoms with Crippen LogP contribution in [0.25, 0.3) is 10.9 Å². The Morgan fingerprint density at radius 1 is 1.00 bits per heavy atom. The van der Waals surface area contributed by atoms with Gasteiger partial charge in [0.1, 0.15) is 24.6 Å². The topological polar surface area (TPSA) is 56.3 Å². The fraction of sp³-hybridized carbons (Fsp3) is 0.0909. The summed E-state index contributed by atoms with van der Waals surface area (Å²) in [6, 6.07) is 17.9. The van der Waals surface area contributed by atoms with Crippen LogP contribution in [0.2, 0.25) is 5.02 Å². The number of rotatable bonds is 6. The van der Waals surface area contributed by atoms with Gasteiger partial charge in [-0.15, -0.1) is 0 Å². The van der Waals surface area contributed by atoms with Crippen molar-refractivity contribution < 1.29 is 13.9 Å². The van der Waals surface area contributed by atoms with Crippen LogP contribution in [0.1, 0.15) is 5.56 Å². The fourth-order valence-electron chi connectivity index (χ4n) is 2.88. The zero-order valence-electron chi connectivity index (χ0n) is 15.5. The lowest BCUT2D eigenvalue weighted by Crippen LogP contribution is -2.00. The standard InChI is InChI=1S/C22H17ClFN3O2/c1-28-20-10-16-19(11-21(20)29-12-14-5-3-2-4-6-14)25-13-26-22(16)27-15-7-8-18(24)17(23)9-15/h2-11,13H,12H2,1H3,(H,25,26,27). The number of benzene rings is 3. The third kappa shape index (κ3) is 4.22. The van der Waals surface area contributed by atoms with Gasteiger partial charge in [-0.05, 0) is 29.8 Å². The van der Waals surface area contributed by atoms with Crippen LogP contribution in [-0.2, 0) is 6.61 Å². The van der Waals surface area contributed by atoms with E-state index in [1.54, 1.807) is 13.2 Å². The summed E-state index contributed by atoms with van der Waals surface area (Å²) in [5, 5.41) is 3.91. The molecule has 0 aliphatic rings. The second-order valence-electron chi connectivity index (χ2n) is 6.27. The summed E-state index contributed by atoms with van der Waals surface area (Å²) >= 11 is 5.87. The summed E-state index contributed by atoms with van der Waals surface area (Å²) in [5.74, 6) is 1.21. The molecular weight excluding hydrogens is 393 g/mol. The first-order chi connectivity index (χ1) is 14.1. The average Bonchev–Trinajstić information content (AvgIpc) is 2.75. The summed E-state index contributed by atoms with van der Waals surface area (Å²) in [5.41, 5.74) is 2.34. The number of halogens is 2. The van der Waals surface area contributed by atoms with Crippen molar-refractivity contribution in [1.82, 2.24) is 9.97 Å². The quantitative estimate of drug-likeness (QED) is 0.439. The van der Waals surface area contributed by atoms with Crippen LogP contribution in [0, 0.1) is 5.82 Å². The summed E-state index contributed by atoms with van der Waals surface area (Å²) in [7, 11) is 1.58. The number of anilines is 2. The van der Waals surface area contributed by atoms with E-state index in [1.165, 1.54) is 18.5 Å². The van der Waals surface area contributed by atoms with E-state index in [9.17, 15) is 4.39 Å². The minimum atomic E-state index is -0.480. The Bertz CT molecular complexity index is 1160. The molecule has 4 aromatic rings. The summed E-state index contributed by atoms with van der Waals surface area (Å²) in [6.07, 6.45) is 1.45. The molecule has 4 rings (SSSR count). The van der Waals surface area contributed by atoms with Crippen LogP contribution in [0.3, 0.4) is 0 Å². The molecule has 5 nitrogen and oxygen atoms in total. The Kier molecular flexibility index (Phi) is 5.44. The predicted octanol–water partition coefficient (Wildman–Crippen LogP) is 5.75. The molecule has 1 heterocycles. The van der Waals surface area contributed by atoms with Crippen molar-refractivity contribution in [3.63, 3.8) is 0 Å². The molecule has 1 N–H and O–H groups in total. The van der Waals surface area contributed by atoms with E-state index in [0.29, 0.717) is 35.1 Å². The summed E-state index contributed by atoms with van der Waals surface area (Å²) < 4.78 is 24.9. The Balaban J connectivity index is 1.66. The van der Waals surface area contributed by atoms with Gasteiger partial charge in [0.2, 0.25) is 0 Å². The molecule has 0 bridgehead atoms. The normalized spacial score (nSPS) is 10.7. The Morgan fingerprint density at radius 2 is 1.83 bits per heavy atom. The Labute approximate surface area is 172 Å². The lowest BCUT2D eigenvalue weighted by atomic mass is 10.2. The van der Waals surface area contributed by atoms with E-state index in [2.05, 4.69) is 15.3 Å². The molecule has 29 heavy (non-hydrogen) atoms. The van der Waals surface area contributed by atoms with Crippen LogP contribution < -0.4 is 14.8 Å². The van der Waals surface area contributed by atoms with Crippen molar-refractivity contribution in [1.29, 1.82) is 0 Å². The maximum Gasteiger partial charge on any atom is 0.163 e. The van der Waals surface area contributed by atoms with E-state index in [4.69, 9.17) is 21.1 Å². The lowest BCUT2D eigenvalue weighted by molar-refractivity contribution is 0.285. The molecule has 0 aliphatic carbocycles. The zero-order chi connectivity index (χ0) is 20.2. The van der Waals surface area contributed by atoms with Gasteiger partial charge in [0.05, 0.1) is 17.6 Å². The number of methoxy groups -OCH3 is 1. The molecule has 0 atom stereocenters. The van der Waals surface area contributed by atoms with Crippen molar-refractivity contribution in [2.45, 2.75) is 6.61 Å². The fourth-order valence-corrected chi connectivity index (χ4v) is 3.06. The van der Waals surface area contributed by atoms with Gasteiger partial charge in [0, 0.05) is 17.1 Å². The molecule has 0 radical (unpaired) electrons. The highest BCUT2D eigenvalue weighted by Crippen LogP contribution is 2.35. The SMILES string of the molecule is COc1cc2c(Nc3ccc(F)c(Cl)c3)ncnc2cc1OCc1ccccc1. The van der Waals surface area contributed by atoms with Gasteiger partial charge < -0.3 is 14.8 Å². The highest BCUT2D eigenvalue weighted by atomic mass is 35.5. The molecule has 0 amide bonds. The highest BCUT2D eigenvalue weighted by Gasteiger charge is 2.12. The van der Waals surface area contributed by atoms with E-state index in [-0.39, 0.29) is 5.02 Å². The van der Waals surface area contributed by atoms with Gasteiger partial charge >= 0.3 is 0 Å². The van der Waals surface area contributed by atoms with Crippen molar-refractivity contribution in [2.24, 2.45) is 0 Å². The third-order valence-corrected chi connectivity index (χ3v) is 4.63. The molecule has 7 heteroatoms. The lowest BCUT2D eigenvalue weighted by Gasteiger charge is -2.14. The number of nitrogens with one attached hydrogen (secondary N) is 1. The van der Waals surface area contributed by atoms with Gasteiger partial charge in [-0.1, -0.05) is 41.9 Å². The first-order valence-corrected chi connectivity index (χ1v) is 9.23. The molecule has 0 unspecified atom stereocenters. The van der Waals surface area contributed by atoms with Gasteiger partial charge in [-0.25, -0.2) is 14.4 Å². The van der Waals surface area contributed by atoms with E-state index in [1.807, 2.05) is 42.5 Å². The van der Waals surface area contributed by atoms with Crippen LogP contribution >= 0.6 is 11.6 Å². The minimum Gasteiger partial charge on any atom is -0.493 e. The molecule has 3 aromatic carbocycles. The smallest absolute Gasteiger partial charge is 0.163 e. The summed E-state index contributed by atoms with van der Waals surface area (Å²) in [6.45, 7) is 0.410. The third-order valence-electron chi connectivity index (χ3n) is 4.34. The van der Waals surface area contributed by atoms with Gasteiger partial charge in [-0.2, -0.15) is 0 Å². The van der Waals surface area contributed by atoms with Gasteiger partial charge in [0.25, 0.3) is 0 Å². The Hall–Kier alpha value is -3.38. The second kappa shape index (κ2) is 8.32. The largest absolute Gasteiger partial charge is 0.493 e. The second-order valence-corrected chi connectivity index (χ2v) is 6.68. The van der Waals surface area contributed by atoms with Crippen molar-refractivity contribution in [2.75, 3.05) is 12.4 Å². The van der Waals surface area contributed by atoms with Gasteiger partial charge in [0.15, 0.2) is 11.5 Å². The summed E-state index contributed by atoms with van der Waals surface area (Å²) in [4.78, 5) is 8.63. The monoisotopic (exact) mass is 409 g/mol. The number of ether oxygens (including phenoxy) is 2. The number of hydrogen-bond donors (Lipinski definition) is 1. The highest BCUT2D eigenvalue weighted by molar-refractivity contribution is 6.31. The first kappa shape index (κ1) is 19.0. The molecule has 0 saturated carbocycles. The molecule has 0 spiro atoms. The predicted molar refractivity (Wildman–Crippen MR) is 112 cm³/mol. The van der Waals surface area contributed by atoms with E-state index < -0.39 is 5.82 Å². The molecule has 0 aliphatic heterocycles. The van der Waals surface area contributed by atoms with Gasteiger partial charge in [-0.3, -0.25) is 0 Å². The van der Waals surface area contributed by atoms with Crippen molar-refractivity contribution >= 4 is 34.0 Å². The molecular formula is C22H17ClFN3O2. The number of hydrogen-bond acceptors (Lipinski definition) is 5. The van der Waals surface area contributed by atoms with E-state index >= 15 is 0 Å². The average molecular weight is 410 g/mol. The first-order valence-electron chi connectivity index (χ1n) is 8.85. The Morgan fingerprint density at radius 3 is 2.59 bits per heavy atom. The van der Waals surface area contributed by atoms with Crippen LogP contribution in [0.5, 0.6) is 11.5 Å². The number of nitrogens with zero attached hydrogens (tertiary/aromatic N) is 2. The number of fused-ring (bicyclic) bond motifs is 1. The van der Waals surface area contributed by atoms with E-state index in [0.717, 1.165) is 10.9 Å². The molecule has 0 fully saturated rings. The van der Waals surface area contributed by atoms with Crippen LogP contribution in [0.4, 0.5) is 15.9 Å². The molecule has 0 saturated heterocycles. The maximum absolute atomic E-state index is 13.4. The molecule has 1 aromatic heterocycles. The molecule has 146 valence electrons. The van der Waals surface area contributed by atoms with Crippen molar-refractivity contribution in [3.05, 3.63) is 83.4 Å². The zero-order valence-corrected chi connectivity index (χ0v) is 16.3. The minimum absolute atomic E-state index is 0.0301. The van der Waals surface area contributed by atoms with Crippen LogP contribution in [-0.4, -0.2) is 17.1 Å². The maximum atomic E-state index is 13.4.